The molecule has 0 aliphatic rings. The van der Waals surface area contributed by atoms with Crippen molar-refractivity contribution in [3.05, 3.63) is 16.3 Å². The third-order valence-corrected chi connectivity index (χ3v) is 4.28. The Kier molecular flexibility index (Phi) is 5.86. The van der Waals surface area contributed by atoms with Crippen molar-refractivity contribution in [3.8, 4) is 0 Å². The van der Waals surface area contributed by atoms with Gasteiger partial charge in [-0.3, -0.25) is 4.79 Å². The van der Waals surface area contributed by atoms with Gasteiger partial charge in [0.2, 0.25) is 5.82 Å². The monoisotopic (exact) mass is 367 g/mol. The van der Waals surface area contributed by atoms with Crippen LogP contribution in [0.2, 0.25) is 0 Å². The maximum Gasteiger partial charge on any atom is 0.376 e. The lowest BCUT2D eigenvalue weighted by Crippen LogP contribution is -2.16. The Balaban J connectivity index is 2.60. The average molecular weight is 367 g/mol. The van der Waals surface area contributed by atoms with Gasteiger partial charge < -0.3 is 19.9 Å². The predicted molar refractivity (Wildman–Crippen MR) is 90.2 cm³/mol. The van der Waals surface area contributed by atoms with Crippen molar-refractivity contribution in [1.82, 2.24) is 9.97 Å². The van der Waals surface area contributed by atoms with E-state index in [1.54, 1.807) is 20.8 Å². The second-order valence-electron chi connectivity index (χ2n) is 4.82. The summed E-state index contributed by atoms with van der Waals surface area (Å²) in [7, 11) is 0. The number of nitrogens with one attached hydrogen (secondary N) is 1. The molecule has 25 heavy (non-hydrogen) atoms. The van der Waals surface area contributed by atoms with Crippen LogP contribution in [0.1, 0.15) is 39.7 Å². The molecule has 10 heteroatoms. The van der Waals surface area contributed by atoms with Crippen LogP contribution in [0.3, 0.4) is 0 Å². The van der Waals surface area contributed by atoms with Crippen LogP contribution in [-0.4, -0.2) is 52.7 Å². The first-order valence-electron chi connectivity index (χ1n) is 7.50. The van der Waals surface area contributed by atoms with E-state index in [1.807, 2.05) is 0 Å². The summed E-state index contributed by atoms with van der Waals surface area (Å²) in [4.78, 5) is 43.7. The van der Waals surface area contributed by atoms with E-state index in [0.717, 1.165) is 11.3 Å². The largest absolute Gasteiger partial charge is 0.480 e. The molecule has 9 nitrogen and oxygen atoms in total. The van der Waals surface area contributed by atoms with Gasteiger partial charge in [-0.25, -0.2) is 19.6 Å². The number of carbonyl (C=O) groups is 3. The minimum atomic E-state index is -1.09. The standard InChI is InChI=1S/C15H17N3O6S/c1-4-23-14(21)10-7(3)9-11(16-6-8(19)20)17-12(15(22)24-5-2)18-13(9)25-10/h4-6H2,1-3H3,(H,19,20)(H,16,17,18). The Morgan fingerprint density at radius 3 is 2.36 bits per heavy atom. The van der Waals surface area contributed by atoms with E-state index in [-0.39, 0.29) is 24.9 Å². The lowest BCUT2D eigenvalue weighted by Gasteiger charge is -2.07. The molecule has 0 amide bonds. The zero-order chi connectivity index (χ0) is 18.6. The zero-order valence-electron chi connectivity index (χ0n) is 13.9. The minimum absolute atomic E-state index is 0.148. The Labute approximate surface area is 147 Å². The van der Waals surface area contributed by atoms with Crippen molar-refractivity contribution in [3.63, 3.8) is 0 Å². The molecular formula is C15H17N3O6S. The number of fused-ring (bicyclic) bond motifs is 1. The molecule has 2 aromatic rings. The van der Waals surface area contributed by atoms with E-state index >= 15 is 0 Å². The van der Waals surface area contributed by atoms with Crippen LogP contribution < -0.4 is 5.32 Å². The first-order valence-corrected chi connectivity index (χ1v) is 8.31. The van der Waals surface area contributed by atoms with Gasteiger partial charge in [0.1, 0.15) is 22.1 Å². The van der Waals surface area contributed by atoms with Crippen LogP contribution in [0.5, 0.6) is 0 Å². The van der Waals surface area contributed by atoms with Crippen molar-refractivity contribution in [2.45, 2.75) is 20.8 Å². The van der Waals surface area contributed by atoms with Gasteiger partial charge in [0, 0.05) is 0 Å². The van der Waals surface area contributed by atoms with Crippen LogP contribution in [0.4, 0.5) is 5.82 Å². The maximum absolute atomic E-state index is 12.1. The van der Waals surface area contributed by atoms with Crippen molar-refractivity contribution in [2.75, 3.05) is 25.1 Å². The second kappa shape index (κ2) is 7.88. The minimum Gasteiger partial charge on any atom is -0.480 e. The molecule has 2 N–H and O–H groups in total. The number of aryl methyl sites for hydroxylation is 1. The third kappa shape index (κ3) is 4.02. The van der Waals surface area contributed by atoms with E-state index in [0.29, 0.717) is 20.7 Å². The number of nitrogens with zero attached hydrogens (tertiary/aromatic N) is 2. The van der Waals surface area contributed by atoms with E-state index in [1.165, 1.54) is 0 Å². The highest BCUT2D eigenvalue weighted by molar-refractivity contribution is 7.20. The molecule has 0 unspecified atom stereocenters. The van der Waals surface area contributed by atoms with Gasteiger partial charge >= 0.3 is 17.9 Å². The van der Waals surface area contributed by atoms with Crippen molar-refractivity contribution in [1.29, 1.82) is 0 Å². The summed E-state index contributed by atoms with van der Waals surface area (Å²) in [6.45, 7) is 4.99. The maximum atomic E-state index is 12.1. The van der Waals surface area contributed by atoms with Crippen LogP contribution in [0.15, 0.2) is 0 Å². The molecule has 0 spiro atoms. The molecule has 0 saturated carbocycles. The molecule has 2 heterocycles. The third-order valence-electron chi connectivity index (χ3n) is 3.12. The van der Waals surface area contributed by atoms with Crippen molar-refractivity contribution >= 4 is 45.3 Å². The van der Waals surface area contributed by atoms with Gasteiger partial charge in [0.15, 0.2) is 0 Å². The molecule has 0 bridgehead atoms. The van der Waals surface area contributed by atoms with Crippen LogP contribution >= 0.6 is 11.3 Å². The van der Waals surface area contributed by atoms with Crippen LogP contribution in [0.25, 0.3) is 10.2 Å². The summed E-state index contributed by atoms with van der Waals surface area (Å²) in [5.41, 5.74) is 0.557. The SMILES string of the molecule is CCOC(=O)c1nc(NCC(=O)O)c2c(C)c(C(=O)OCC)sc2n1. The van der Waals surface area contributed by atoms with E-state index in [4.69, 9.17) is 14.6 Å². The van der Waals surface area contributed by atoms with Crippen molar-refractivity contribution in [2.24, 2.45) is 0 Å². The molecule has 0 fully saturated rings. The fourth-order valence-electron chi connectivity index (χ4n) is 2.10. The predicted octanol–water partition coefficient (Wildman–Crippen LogP) is 1.85. The number of carboxylic acid groups (broad SMARTS) is 1. The lowest BCUT2D eigenvalue weighted by atomic mass is 10.2. The number of aromatic nitrogens is 2. The smallest absolute Gasteiger partial charge is 0.376 e. The fourth-order valence-corrected chi connectivity index (χ4v) is 3.18. The number of carboxylic acids is 1. The molecule has 134 valence electrons. The van der Waals surface area contributed by atoms with E-state index in [2.05, 4.69) is 15.3 Å². The number of hydrogen-bond donors (Lipinski definition) is 2. The summed E-state index contributed by atoms with van der Waals surface area (Å²) >= 11 is 1.05. The molecule has 0 saturated heterocycles. The number of hydrogen-bond acceptors (Lipinski definition) is 9. The molecule has 2 rings (SSSR count). The Morgan fingerprint density at radius 2 is 1.76 bits per heavy atom. The van der Waals surface area contributed by atoms with E-state index < -0.39 is 24.5 Å². The number of carbonyl (C=O) groups excluding carboxylic acids is 2. The van der Waals surface area contributed by atoms with E-state index in [9.17, 15) is 14.4 Å². The van der Waals surface area contributed by atoms with Crippen molar-refractivity contribution < 1.29 is 29.0 Å². The summed E-state index contributed by atoms with van der Waals surface area (Å²) in [6.07, 6.45) is 0. The second-order valence-corrected chi connectivity index (χ2v) is 5.82. The first-order chi connectivity index (χ1) is 11.9. The Bertz CT molecular complexity index is 832. The molecular weight excluding hydrogens is 350 g/mol. The summed E-state index contributed by atoms with van der Waals surface area (Å²) in [5.74, 6) is -2.39. The molecule has 0 radical (unpaired) electrons. The lowest BCUT2D eigenvalue weighted by molar-refractivity contribution is -0.134. The average Bonchev–Trinajstić information content (AvgIpc) is 2.90. The number of esters is 2. The van der Waals surface area contributed by atoms with Gasteiger partial charge in [-0.15, -0.1) is 11.3 Å². The Morgan fingerprint density at radius 1 is 1.12 bits per heavy atom. The molecule has 2 aromatic heterocycles. The summed E-state index contributed by atoms with van der Waals surface area (Å²) < 4.78 is 9.90. The van der Waals surface area contributed by atoms with Gasteiger partial charge in [-0.2, -0.15) is 0 Å². The van der Waals surface area contributed by atoms with Gasteiger partial charge in [0.05, 0.1) is 18.6 Å². The highest BCUT2D eigenvalue weighted by atomic mass is 32.1. The highest BCUT2D eigenvalue weighted by Crippen LogP contribution is 2.34. The van der Waals surface area contributed by atoms with Gasteiger partial charge in [0.25, 0.3) is 0 Å². The molecule has 0 aliphatic carbocycles. The summed E-state index contributed by atoms with van der Waals surface area (Å²) in [5, 5.41) is 12.0. The van der Waals surface area contributed by atoms with Crippen LogP contribution in [-0.2, 0) is 14.3 Å². The summed E-state index contributed by atoms with van der Waals surface area (Å²) in [6, 6.07) is 0. The number of anilines is 1. The van der Waals surface area contributed by atoms with Crippen LogP contribution in [0, 0.1) is 6.92 Å². The quantitative estimate of drug-likeness (QED) is 0.704. The molecule has 0 aliphatic heterocycles. The normalized spacial score (nSPS) is 10.5. The number of ether oxygens (including phenoxy) is 2. The number of rotatable bonds is 7. The van der Waals surface area contributed by atoms with Gasteiger partial charge in [-0.05, 0) is 26.3 Å². The molecule has 0 atom stereocenters. The topological polar surface area (TPSA) is 128 Å². The number of thiophene rings is 1. The zero-order valence-corrected chi connectivity index (χ0v) is 14.7. The van der Waals surface area contributed by atoms with Gasteiger partial charge in [-0.1, -0.05) is 0 Å². The number of aliphatic carboxylic acids is 1. The highest BCUT2D eigenvalue weighted by Gasteiger charge is 2.23. The first kappa shape index (κ1) is 18.6. The Hall–Kier alpha value is -2.75. The fraction of sp³-hybridized carbons (Fsp3) is 0.400. The molecule has 0 aromatic carbocycles.